The van der Waals surface area contributed by atoms with Gasteiger partial charge in [-0.3, -0.25) is 4.79 Å². The Balaban J connectivity index is 1.19. The summed E-state index contributed by atoms with van der Waals surface area (Å²) in [5.74, 6) is 0.906. The van der Waals surface area contributed by atoms with Crippen molar-refractivity contribution in [2.45, 2.75) is 161 Å². The summed E-state index contributed by atoms with van der Waals surface area (Å²) in [6, 6.07) is 0. The van der Waals surface area contributed by atoms with E-state index in [1.54, 1.807) is 11.6 Å². The predicted molar refractivity (Wildman–Crippen MR) is 173 cm³/mol. The average molecular weight is 609 g/mol. The fourth-order valence-corrected chi connectivity index (χ4v) is 13.2. The van der Waals surface area contributed by atoms with Crippen LogP contribution >= 0.6 is 0 Å². The monoisotopic (exact) mass is 608 g/mol. The highest BCUT2D eigenvalue weighted by Crippen LogP contribution is 2.71. The van der Waals surface area contributed by atoms with Crippen molar-refractivity contribution in [3.63, 3.8) is 0 Å². The van der Waals surface area contributed by atoms with Crippen LogP contribution < -0.4 is 0 Å². The van der Waals surface area contributed by atoms with Crippen molar-refractivity contribution in [1.29, 1.82) is 0 Å². The summed E-state index contributed by atoms with van der Waals surface area (Å²) >= 11 is 0. The van der Waals surface area contributed by atoms with E-state index in [0.717, 1.165) is 44.1 Å². The molecule has 7 aliphatic carbocycles. The molecule has 0 aromatic rings. The topological polar surface area (TPSA) is 98.0 Å². The van der Waals surface area contributed by atoms with E-state index >= 15 is 0 Å². The summed E-state index contributed by atoms with van der Waals surface area (Å²) in [5, 5.41) is 46.4. The van der Waals surface area contributed by atoms with Crippen molar-refractivity contribution in [1.82, 2.24) is 0 Å². The first kappa shape index (κ1) is 31.6. The van der Waals surface area contributed by atoms with Gasteiger partial charge in [0.25, 0.3) is 0 Å². The van der Waals surface area contributed by atoms with Gasteiger partial charge in [-0.15, -0.1) is 0 Å². The summed E-state index contributed by atoms with van der Waals surface area (Å²) in [6.45, 7) is 9.10. The van der Waals surface area contributed by atoms with Gasteiger partial charge >= 0.3 is 0 Å². The Labute approximate surface area is 266 Å². The largest absolute Gasteiger partial charge is 0.392 e. The molecule has 6 saturated carbocycles. The Hall–Kier alpha value is -1.01. The number of hydrogen-bond acceptors (Lipinski definition) is 5. The van der Waals surface area contributed by atoms with Crippen LogP contribution in [0.1, 0.15) is 137 Å². The molecule has 7 rings (SSSR count). The number of hydrogen-bond donors (Lipinski definition) is 4. The maximum Gasteiger partial charge on any atom is 0.159 e. The number of rotatable bonds is 4. The highest BCUT2D eigenvalue weighted by atomic mass is 16.3. The van der Waals surface area contributed by atoms with E-state index in [1.165, 1.54) is 56.9 Å². The Bertz CT molecular complexity index is 1210. The zero-order valence-corrected chi connectivity index (χ0v) is 28.0. The zero-order chi connectivity index (χ0) is 31.2. The fourth-order valence-electron chi connectivity index (χ4n) is 13.2. The third kappa shape index (κ3) is 4.55. The number of fused-ring (bicyclic) bond motifs is 4. The second-order valence-corrected chi connectivity index (χ2v) is 17.8. The van der Waals surface area contributed by atoms with Crippen LogP contribution in [0.15, 0.2) is 22.8 Å². The molecule has 5 nitrogen and oxygen atoms in total. The summed E-state index contributed by atoms with van der Waals surface area (Å²) in [4.78, 5) is 13.7. The minimum atomic E-state index is -1.06. The van der Waals surface area contributed by atoms with E-state index in [1.807, 2.05) is 0 Å². The first-order chi connectivity index (χ1) is 20.8. The number of aliphatic hydroxyl groups is 4. The van der Waals surface area contributed by atoms with E-state index < -0.39 is 29.3 Å². The molecule has 0 aromatic carbocycles. The second-order valence-electron chi connectivity index (χ2n) is 17.8. The van der Waals surface area contributed by atoms with Crippen LogP contribution in [0.25, 0.3) is 0 Å². The highest BCUT2D eigenvalue weighted by Gasteiger charge is 2.70. The molecule has 246 valence electrons. The molecule has 0 aromatic heterocycles. The number of allylic oxidation sites excluding steroid dienone is 2. The number of ketones is 1. The molecule has 0 aliphatic heterocycles. The molecule has 7 aliphatic rings. The maximum atomic E-state index is 13.7. The molecule has 1 spiro atoms. The van der Waals surface area contributed by atoms with Crippen LogP contribution in [0.5, 0.6) is 0 Å². The molecule has 0 amide bonds. The lowest BCUT2D eigenvalue weighted by Crippen LogP contribution is -2.63. The van der Waals surface area contributed by atoms with Crippen molar-refractivity contribution in [2.75, 3.05) is 0 Å². The lowest BCUT2D eigenvalue weighted by Gasteiger charge is -2.62. The van der Waals surface area contributed by atoms with Crippen molar-refractivity contribution in [2.24, 2.45) is 51.8 Å². The SMILES string of the molecule is CC(C)/C(C[C@@H](O)[C@H]1CCC[C@H]2C[C@H]3C(=CC(=O)[C@@H]4C[C@@H](O)[C@@H](O)C[C@@]43C)[C@]3(O)CC[C@H]1[C@@]23C)=C1\CCCC2(CCCC2)C1. The minimum Gasteiger partial charge on any atom is -0.392 e. The lowest BCUT2D eigenvalue weighted by atomic mass is 9.43. The smallest absolute Gasteiger partial charge is 0.159 e. The predicted octanol–water partition coefficient (Wildman–Crippen LogP) is 7.06. The molecule has 0 unspecified atom stereocenters. The van der Waals surface area contributed by atoms with Gasteiger partial charge in [0.1, 0.15) is 0 Å². The minimum absolute atomic E-state index is 0.0227. The highest BCUT2D eigenvalue weighted by molar-refractivity contribution is 5.95. The van der Waals surface area contributed by atoms with Crippen LogP contribution in [0, 0.1) is 51.8 Å². The average Bonchev–Trinajstić information content (AvgIpc) is 3.48. The summed E-state index contributed by atoms with van der Waals surface area (Å²) in [7, 11) is 0. The van der Waals surface area contributed by atoms with Crippen LogP contribution in [-0.2, 0) is 4.79 Å². The summed E-state index contributed by atoms with van der Waals surface area (Å²) in [6.07, 6.45) is 17.4. The van der Waals surface area contributed by atoms with Crippen molar-refractivity contribution < 1.29 is 25.2 Å². The number of carbonyl (C=O) groups is 1. The van der Waals surface area contributed by atoms with Crippen molar-refractivity contribution in [3.8, 4) is 0 Å². The Kier molecular flexibility index (Phi) is 7.91. The van der Waals surface area contributed by atoms with Crippen molar-refractivity contribution in [3.05, 3.63) is 22.8 Å². The summed E-state index contributed by atoms with van der Waals surface area (Å²) in [5.41, 5.74) is 2.72. The van der Waals surface area contributed by atoms with Gasteiger partial charge in [0.05, 0.1) is 23.9 Å². The van der Waals surface area contributed by atoms with Gasteiger partial charge in [0.15, 0.2) is 5.78 Å². The van der Waals surface area contributed by atoms with Gasteiger partial charge in [-0.2, -0.15) is 0 Å². The first-order valence-electron chi connectivity index (χ1n) is 18.6. The molecule has 0 bridgehead atoms. The van der Waals surface area contributed by atoms with Gasteiger partial charge in [0, 0.05) is 11.3 Å². The second kappa shape index (κ2) is 11.0. The molecular formula is C39H60O5. The van der Waals surface area contributed by atoms with Gasteiger partial charge in [-0.05, 0) is 142 Å². The van der Waals surface area contributed by atoms with E-state index in [9.17, 15) is 25.2 Å². The third-order valence-electron chi connectivity index (χ3n) is 15.6. The molecule has 4 N–H and O–H groups in total. The molecule has 44 heavy (non-hydrogen) atoms. The molecular weight excluding hydrogens is 548 g/mol. The quantitative estimate of drug-likeness (QED) is 0.256. The van der Waals surface area contributed by atoms with Gasteiger partial charge in [-0.25, -0.2) is 0 Å². The standard InChI is InChI=1S/C39H60O5/c1-23(2)27(24-9-8-15-38(21-24)13-5-6-14-38)18-32(40)26-11-7-10-25-17-29-30(39(44)16-12-28(26)37(25,39)4)19-33(41)31-20-34(42)35(43)22-36(29,31)3/h19,23,25-26,28-29,31-32,34-35,40,42-44H,5-18,20-22H2,1-4H3/b27-24+/t25-,26-,28+,29-,31-,32+,34+,35-,36+,37+,39+/m0/s1. The van der Waals surface area contributed by atoms with Gasteiger partial charge < -0.3 is 20.4 Å². The number of aliphatic hydroxyl groups excluding tert-OH is 3. The van der Waals surface area contributed by atoms with Gasteiger partial charge in [-0.1, -0.05) is 58.1 Å². The Morgan fingerprint density at radius 2 is 1.66 bits per heavy atom. The van der Waals surface area contributed by atoms with E-state index in [0.29, 0.717) is 36.5 Å². The molecule has 0 saturated heterocycles. The molecule has 0 heterocycles. The fraction of sp³-hybridized carbons (Fsp3) is 0.872. The zero-order valence-electron chi connectivity index (χ0n) is 28.0. The van der Waals surface area contributed by atoms with E-state index in [-0.39, 0.29) is 34.9 Å². The van der Waals surface area contributed by atoms with Crippen molar-refractivity contribution >= 4 is 5.78 Å². The van der Waals surface area contributed by atoms with Crippen LogP contribution in [0.4, 0.5) is 0 Å². The van der Waals surface area contributed by atoms with Crippen LogP contribution in [-0.4, -0.2) is 50.1 Å². The first-order valence-corrected chi connectivity index (χ1v) is 18.6. The van der Waals surface area contributed by atoms with Crippen LogP contribution in [0.3, 0.4) is 0 Å². The molecule has 5 heteroatoms. The maximum absolute atomic E-state index is 13.7. The van der Waals surface area contributed by atoms with Crippen LogP contribution in [0.2, 0.25) is 0 Å². The van der Waals surface area contributed by atoms with E-state index in [4.69, 9.17) is 0 Å². The summed E-state index contributed by atoms with van der Waals surface area (Å²) < 4.78 is 0. The molecule has 0 radical (unpaired) electrons. The Morgan fingerprint density at radius 3 is 2.39 bits per heavy atom. The lowest BCUT2D eigenvalue weighted by molar-refractivity contribution is -0.166. The Morgan fingerprint density at radius 1 is 0.932 bits per heavy atom. The molecule has 6 fully saturated rings. The normalized spacial score (nSPS) is 48.3. The third-order valence-corrected chi connectivity index (χ3v) is 15.6. The number of carbonyl (C=O) groups excluding carboxylic acids is 1. The van der Waals surface area contributed by atoms with E-state index in [2.05, 4.69) is 27.7 Å². The molecule has 11 atom stereocenters. The van der Waals surface area contributed by atoms with Gasteiger partial charge in [0.2, 0.25) is 0 Å².